The third-order valence-electron chi connectivity index (χ3n) is 3.41. The van der Waals surface area contributed by atoms with Gasteiger partial charge in [-0.3, -0.25) is 10.1 Å². The summed E-state index contributed by atoms with van der Waals surface area (Å²) in [5.41, 5.74) is 0.438. The van der Waals surface area contributed by atoms with Gasteiger partial charge in [0.05, 0.1) is 17.6 Å². The standard InChI is InChI=1S/C16H25NO4/c1-3-4-5-6-7-8-11-21-16-10-9-14(17(19)20)12-15(16)13(2)18/h9-10,12-13,18H,3-8,11H2,1-2H3/t13-/m0/s1. The molecule has 0 heterocycles. The lowest BCUT2D eigenvalue weighted by atomic mass is 10.1. The molecule has 1 aromatic rings. The van der Waals surface area contributed by atoms with Gasteiger partial charge in [-0.05, 0) is 19.4 Å². The SMILES string of the molecule is CCCCCCCCOc1ccc([N+](=O)[O-])cc1[C@H](C)O. The van der Waals surface area contributed by atoms with Crippen molar-refractivity contribution in [1.82, 2.24) is 0 Å². The van der Waals surface area contributed by atoms with Crippen LogP contribution in [0, 0.1) is 10.1 Å². The smallest absolute Gasteiger partial charge is 0.270 e. The zero-order chi connectivity index (χ0) is 15.7. The Balaban J connectivity index is 2.49. The number of unbranched alkanes of at least 4 members (excludes halogenated alkanes) is 5. The van der Waals surface area contributed by atoms with Gasteiger partial charge in [0.25, 0.3) is 5.69 Å². The number of nitrogens with zero attached hydrogens (tertiary/aromatic N) is 1. The molecular formula is C16H25NO4. The highest BCUT2D eigenvalue weighted by Gasteiger charge is 2.15. The van der Waals surface area contributed by atoms with Crippen molar-refractivity contribution >= 4 is 5.69 Å². The van der Waals surface area contributed by atoms with E-state index in [1.165, 1.54) is 37.8 Å². The van der Waals surface area contributed by atoms with Crippen LogP contribution in [0.4, 0.5) is 5.69 Å². The van der Waals surface area contributed by atoms with Crippen LogP contribution in [0.25, 0.3) is 0 Å². The number of hydrogen-bond donors (Lipinski definition) is 1. The van der Waals surface area contributed by atoms with Crippen LogP contribution in [0.2, 0.25) is 0 Å². The molecule has 5 heteroatoms. The van der Waals surface area contributed by atoms with Crippen molar-refractivity contribution in [3.8, 4) is 5.75 Å². The first-order valence-corrected chi connectivity index (χ1v) is 7.65. The van der Waals surface area contributed by atoms with Crippen LogP contribution in [-0.4, -0.2) is 16.6 Å². The van der Waals surface area contributed by atoms with E-state index in [0.29, 0.717) is 17.9 Å². The van der Waals surface area contributed by atoms with E-state index in [1.807, 2.05) is 0 Å². The third kappa shape index (κ3) is 6.12. The Morgan fingerprint density at radius 3 is 2.52 bits per heavy atom. The van der Waals surface area contributed by atoms with Crippen LogP contribution in [0.1, 0.15) is 64.0 Å². The summed E-state index contributed by atoms with van der Waals surface area (Å²) < 4.78 is 5.66. The quantitative estimate of drug-likeness (QED) is 0.395. The monoisotopic (exact) mass is 295 g/mol. The van der Waals surface area contributed by atoms with Gasteiger partial charge in [-0.2, -0.15) is 0 Å². The molecule has 0 unspecified atom stereocenters. The van der Waals surface area contributed by atoms with E-state index in [0.717, 1.165) is 12.8 Å². The minimum Gasteiger partial charge on any atom is -0.493 e. The van der Waals surface area contributed by atoms with E-state index < -0.39 is 11.0 Å². The molecule has 0 amide bonds. The highest BCUT2D eigenvalue weighted by atomic mass is 16.6. The lowest BCUT2D eigenvalue weighted by Crippen LogP contribution is -2.03. The Kier molecular flexibility index (Phi) is 7.75. The molecule has 1 N–H and O–H groups in total. The molecule has 0 saturated carbocycles. The fourth-order valence-corrected chi connectivity index (χ4v) is 2.17. The van der Waals surface area contributed by atoms with Crippen molar-refractivity contribution in [2.24, 2.45) is 0 Å². The summed E-state index contributed by atoms with van der Waals surface area (Å²) in [5, 5.41) is 20.5. The first-order valence-electron chi connectivity index (χ1n) is 7.65. The van der Waals surface area contributed by atoms with Gasteiger partial charge in [-0.25, -0.2) is 0 Å². The lowest BCUT2D eigenvalue weighted by Gasteiger charge is -2.13. The molecule has 0 saturated heterocycles. The van der Waals surface area contributed by atoms with Gasteiger partial charge in [0.2, 0.25) is 0 Å². The summed E-state index contributed by atoms with van der Waals surface area (Å²) in [5.74, 6) is 0.532. The van der Waals surface area contributed by atoms with Gasteiger partial charge in [0.1, 0.15) is 5.75 Å². The number of non-ortho nitro benzene ring substituents is 1. The maximum Gasteiger partial charge on any atom is 0.270 e. The summed E-state index contributed by atoms with van der Waals surface area (Å²) >= 11 is 0. The first-order chi connectivity index (χ1) is 10.1. The van der Waals surface area contributed by atoms with Crippen molar-refractivity contribution in [3.05, 3.63) is 33.9 Å². The molecular weight excluding hydrogens is 270 g/mol. The van der Waals surface area contributed by atoms with Gasteiger partial charge in [0.15, 0.2) is 0 Å². The van der Waals surface area contributed by atoms with E-state index in [9.17, 15) is 15.2 Å². The third-order valence-corrected chi connectivity index (χ3v) is 3.41. The Bertz CT molecular complexity index is 446. The Labute approximate surface area is 126 Å². The summed E-state index contributed by atoms with van der Waals surface area (Å²) in [6.07, 6.45) is 6.27. The van der Waals surface area contributed by atoms with E-state index in [-0.39, 0.29) is 5.69 Å². The van der Waals surface area contributed by atoms with Crippen LogP contribution in [0.3, 0.4) is 0 Å². The van der Waals surface area contributed by atoms with Crippen molar-refractivity contribution in [2.45, 2.75) is 58.5 Å². The van der Waals surface area contributed by atoms with Crippen LogP contribution < -0.4 is 4.74 Å². The number of benzene rings is 1. The van der Waals surface area contributed by atoms with Gasteiger partial charge >= 0.3 is 0 Å². The van der Waals surface area contributed by atoms with Gasteiger partial charge in [0, 0.05) is 17.7 Å². The van der Waals surface area contributed by atoms with Crippen LogP contribution in [0.5, 0.6) is 5.75 Å². The number of hydrogen-bond acceptors (Lipinski definition) is 4. The Morgan fingerprint density at radius 2 is 1.90 bits per heavy atom. The number of ether oxygens (including phenoxy) is 1. The molecule has 0 radical (unpaired) electrons. The van der Waals surface area contributed by atoms with E-state index >= 15 is 0 Å². The van der Waals surface area contributed by atoms with E-state index in [2.05, 4.69) is 6.92 Å². The second-order valence-electron chi connectivity index (χ2n) is 5.27. The minimum atomic E-state index is -0.788. The highest BCUT2D eigenvalue weighted by molar-refractivity contribution is 5.44. The summed E-state index contributed by atoms with van der Waals surface area (Å²) in [6.45, 7) is 4.34. The zero-order valence-electron chi connectivity index (χ0n) is 12.9. The normalized spacial score (nSPS) is 12.1. The maximum absolute atomic E-state index is 10.8. The number of aliphatic hydroxyl groups is 1. The second kappa shape index (κ2) is 9.34. The van der Waals surface area contributed by atoms with E-state index in [4.69, 9.17) is 4.74 Å². The van der Waals surface area contributed by atoms with Gasteiger partial charge < -0.3 is 9.84 Å². The van der Waals surface area contributed by atoms with Crippen molar-refractivity contribution in [3.63, 3.8) is 0 Å². The average molecular weight is 295 g/mol. The Morgan fingerprint density at radius 1 is 1.24 bits per heavy atom. The largest absolute Gasteiger partial charge is 0.493 e. The number of nitro groups is 1. The molecule has 21 heavy (non-hydrogen) atoms. The molecule has 0 aromatic heterocycles. The predicted octanol–water partition coefficient (Wildman–Crippen LogP) is 4.39. The van der Waals surface area contributed by atoms with Crippen molar-refractivity contribution in [2.75, 3.05) is 6.61 Å². The van der Waals surface area contributed by atoms with Crippen LogP contribution in [-0.2, 0) is 0 Å². The molecule has 1 aromatic carbocycles. The molecule has 0 aliphatic rings. The molecule has 1 rings (SSSR count). The second-order valence-corrected chi connectivity index (χ2v) is 5.27. The molecule has 0 aliphatic heterocycles. The van der Waals surface area contributed by atoms with Crippen LogP contribution >= 0.6 is 0 Å². The topological polar surface area (TPSA) is 72.6 Å². The van der Waals surface area contributed by atoms with Crippen molar-refractivity contribution < 1.29 is 14.8 Å². The van der Waals surface area contributed by atoms with Crippen molar-refractivity contribution in [1.29, 1.82) is 0 Å². The summed E-state index contributed by atoms with van der Waals surface area (Å²) in [4.78, 5) is 10.3. The molecule has 0 aliphatic carbocycles. The average Bonchev–Trinajstić information content (AvgIpc) is 2.46. The molecule has 0 fully saturated rings. The summed E-state index contributed by atoms with van der Waals surface area (Å²) in [6, 6.07) is 4.35. The Hall–Kier alpha value is -1.62. The molecule has 1 atom stereocenters. The molecule has 5 nitrogen and oxygen atoms in total. The maximum atomic E-state index is 10.8. The highest BCUT2D eigenvalue weighted by Crippen LogP contribution is 2.29. The fraction of sp³-hybridized carbons (Fsp3) is 0.625. The number of aliphatic hydroxyl groups excluding tert-OH is 1. The fourth-order valence-electron chi connectivity index (χ4n) is 2.17. The summed E-state index contributed by atoms with van der Waals surface area (Å²) in [7, 11) is 0. The molecule has 0 spiro atoms. The number of rotatable bonds is 10. The van der Waals surface area contributed by atoms with Gasteiger partial charge in [-0.1, -0.05) is 39.0 Å². The number of nitro benzene ring substituents is 1. The van der Waals surface area contributed by atoms with Crippen LogP contribution in [0.15, 0.2) is 18.2 Å². The first kappa shape index (κ1) is 17.4. The lowest BCUT2D eigenvalue weighted by molar-refractivity contribution is -0.385. The minimum absolute atomic E-state index is 0.0298. The molecule has 118 valence electrons. The van der Waals surface area contributed by atoms with Gasteiger partial charge in [-0.15, -0.1) is 0 Å². The zero-order valence-corrected chi connectivity index (χ0v) is 12.9. The van der Waals surface area contributed by atoms with E-state index in [1.54, 1.807) is 13.0 Å². The molecule has 0 bridgehead atoms. The predicted molar refractivity (Wildman–Crippen MR) is 82.6 cm³/mol.